The van der Waals surface area contributed by atoms with Gasteiger partial charge in [-0.15, -0.1) is 0 Å². The van der Waals surface area contributed by atoms with Crippen molar-refractivity contribution in [2.24, 2.45) is 5.73 Å². The van der Waals surface area contributed by atoms with Crippen LogP contribution < -0.4 is 20.5 Å². The lowest BCUT2D eigenvalue weighted by Gasteiger charge is -2.46. The number of aliphatic carboxylic acids is 1. The van der Waals surface area contributed by atoms with Gasteiger partial charge in [-0.1, -0.05) is 12.1 Å². The van der Waals surface area contributed by atoms with E-state index >= 15 is 0 Å². The first-order chi connectivity index (χ1) is 18.0. The zero-order valence-electron chi connectivity index (χ0n) is 20.1. The lowest BCUT2D eigenvalue weighted by atomic mass is 9.88. The molecule has 206 valence electrons. The van der Waals surface area contributed by atoms with Gasteiger partial charge in [-0.25, -0.2) is 14.8 Å². The minimum Gasteiger partial charge on any atom is -0.476 e. The molecular formula is C23H28N4O11. The number of amides is 2. The molecule has 1 saturated heterocycles. The molecule has 0 aliphatic carbocycles. The fourth-order valence-corrected chi connectivity index (χ4v) is 3.83. The van der Waals surface area contributed by atoms with Gasteiger partial charge in [0.25, 0.3) is 5.91 Å². The Kier molecular flexibility index (Phi) is 9.13. The number of aliphatic hydroxyl groups is 4. The van der Waals surface area contributed by atoms with Crippen molar-refractivity contribution in [1.82, 2.24) is 15.3 Å². The number of primary amides is 1. The van der Waals surface area contributed by atoms with Gasteiger partial charge in [0.1, 0.15) is 30.7 Å². The van der Waals surface area contributed by atoms with E-state index in [1.54, 1.807) is 0 Å². The second-order valence-electron chi connectivity index (χ2n) is 8.49. The highest BCUT2D eigenvalue weighted by Gasteiger charge is 2.56. The SMILES string of the molecule is CC(=O)N[C@H]1[C@H]([C@H](O)[C@H](O)CO)O[C@@](Oc2ccc(COc3nccnc3C(N)=O)cc2)(C(=O)O)C[C@@H]1O. The lowest BCUT2D eigenvalue weighted by Crippen LogP contribution is -2.68. The summed E-state index contributed by atoms with van der Waals surface area (Å²) in [4.78, 5) is 43.1. The van der Waals surface area contributed by atoms with Gasteiger partial charge >= 0.3 is 11.8 Å². The molecule has 1 aliphatic heterocycles. The molecule has 38 heavy (non-hydrogen) atoms. The molecule has 15 nitrogen and oxygen atoms in total. The Hall–Kier alpha value is -3.89. The average Bonchev–Trinajstić information content (AvgIpc) is 2.88. The van der Waals surface area contributed by atoms with Crippen LogP contribution in [-0.4, -0.2) is 96.1 Å². The standard InChI is InChI=1S/C23H28N4O11/c1-11(29)27-16-14(30)8-23(22(34)35,38-19(16)18(32)15(31)9-28)37-13-4-2-12(3-5-13)10-36-21-17(20(24)33)25-6-7-26-21/h2-7,14-16,18-19,28,30-32H,8-10H2,1H3,(H2,24,33)(H,27,29)(H,34,35)/t14-,15+,16+,18+,19+,23+/m0/s1. The van der Waals surface area contributed by atoms with Crippen molar-refractivity contribution in [3.63, 3.8) is 0 Å². The Bertz CT molecular complexity index is 1150. The highest BCUT2D eigenvalue weighted by atomic mass is 16.7. The molecule has 2 heterocycles. The van der Waals surface area contributed by atoms with Crippen LogP contribution in [0, 0.1) is 0 Å². The largest absolute Gasteiger partial charge is 0.476 e. The van der Waals surface area contributed by atoms with Gasteiger partial charge < -0.3 is 50.8 Å². The maximum absolute atomic E-state index is 12.3. The van der Waals surface area contributed by atoms with Crippen molar-refractivity contribution in [1.29, 1.82) is 0 Å². The number of nitrogens with two attached hydrogens (primary N) is 1. The average molecular weight is 536 g/mol. The summed E-state index contributed by atoms with van der Waals surface area (Å²) in [5.74, 6) is -5.68. The third kappa shape index (κ3) is 6.51. The Morgan fingerprint density at radius 2 is 1.87 bits per heavy atom. The highest BCUT2D eigenvalue weighted by molar-refractivity contribution is 5.92. The number of carboxylic acids is 1. The molecule has 2 aromatic rings. The zero-order chi connectivity index (χ0) is 28.0. The van der Waals surface area contributed by atoms with Crippen LogP contribution in [0.1, 0.15) is 29.4 Å². The number of rotatable bonds is 11. The smallest absolute Gasteiger partial charge is 0.377 e. The first-order valence-electron chi connectivity index (χ1n) is 11.3. The molecule has 0 spiro atoms. The number of nitrogens with one attached hydrogen (secondary N) is 1. The fourth-order valence-electron chi connectivity index (χ4n) is 3.83. The normalized spacial score (nSPS) is 24.6. The number of aromatic nitrogens is 2. The van der Waals surface area contributed by atoms with Crippen LogP contribution in [0.3, 0.4) is 0 Å². The predicted molar refractivity (Wildman–Crippen MR) is 125 cm³/mol. The highest BCUT2D eigenvalue weighted by Crippen LogP contribution is 2.35. The van der Waals surface area contributed by atoms with Gasteiger partial charge in [-0.05, 0) is 17.7 Å². The second kappa shape index (κ2) is 12.1. The van der Waals surface area contributed by atoms with Gasteiger partial charge in [0, 0.05) is 19.3 Å². The third-order valence-corrected chi connectivity index (χ3v) is 5.67. The molecule has 0 radical (unpaired) electrons. The Morgan fingerprint density at radius 3 is 2.45 bits per heavy atom. The van der Waals surface area contributed by atoms with E-state index in [2.05, 4.69) is 15.3 Å². The predicted octanol–water partition coefficient (Wildman–Crippen LogP) is -2.32. The summed E-state index contributed by atoms with van der Waals surface area (Å²) in [5, 5.41) is 52.6. The van der Waals surface area contributed by atoms with E-state index < -0.39 is 67.1 Å². The van der Waals surface area contributed by atoms with Crippen molar-refractivity contribution in [2.75, 3.05) is 6.61 Å². The van der Waals surface area contributed by atoms with Crippen LogP contribution in [0.2, 0.25) is 0 Å². The Labute approximate surface area is 215 Å². The molecule has 1 aliphatic rings. The molecular weight excluding hydrogens is 508 g/mol. The Balaban J connectivity index is 1.79. The van der Waals surface area contributed by atoms with E-state index in [0.29, 0.717) is 5.56 Å². The molecule has 3 rings (SSSR count). The minimum atomic E-state index is -2.52. The summed E-state index contributed by atoms with van der Waals surface area (Å²) >= 11 is 0. The first-order valence-corrected chi connectivity index (χ1v) is 11.3. The number of aliphatic hydroxyl groups excluding tert-OH is 4. The quantitative estimate of drug-likeness (QED) is 0.160. The molecule has 1 fully saturated rings. The summed E-state index contributed by atoms with van der Waals surface area (Å²) in [6.45, 7) is 0.187. The van der Waals surface area contributed by atoms with Gasteiger partial charge in [0.15, 0.2) is 5.69 Å². The summed E-state index contributed by atoms with van der Waals surface area (Å²) in [6, 6.07) is 4.50. The molecule has 0 bridgehead atoms. The number of carbonyl (C=O) groups is 3. The van der Waals surface area contributed by atoms with E-state index in [1.807, 2.05) is 0 Å². The van der Waals surface area contributed by atoms with Gasteiger partial charge in [0.2, 0.25) is 11.8 Å². The van der Waals surface area contributed by atoms with Crippen molar-refractivity contribution >= 4 is 17.8 Å². The number of hydrogen-bond donors (Lipinski definition) is 7. The number of benzene rings is 1. The number of ether oxygens (including phenoxy) is 3. The monoisotopic (exact) mass is 536 g/mol. The van der Waals surface area contributed by atoms with Crippen molar-refractivity contribution in [3.8, 4) is 11.6 Å². The van der Waals surface area contributed by atoms with Crippen molar-refractivity contribution < 1.29 is 54.1 Å². The van der Waals surface area contributed by atoms with E-state index in [0.717, 1.165) is 6.92 Å². The second-order valence-corrected chi connectivity index (χ2v) is 8.49. The summed E-state index contributed by atoms with van der Waals surface area (Å²) in [6.07, 6.45) is -4.94. The van der Waals surface area contributed by atoms with Crippen LogP contribution in [0.4, 0.5) is 0 Å². The van der Waals surface area contributed by atoms with E-state index in [-0.39, 0.29) is 23.9 Å². The minimum absolute atomic E-state index is 0.00500. The molecule has 15 heteroatoms. The molecule has 8 N–H and O–H groups in total. The van der Waals surface area contributed by atoms with Crippen molar-refractivity contribution in [2.45, 2.75) is 56.2 Å². The van der Waals surface area contributed by atoms with E-state index in [4.69, 9.17) is 19.9 Å². The Morgan fingerprint density at radius 1 is 1.21 bits per heavy atom. The summed E-state index contributed by atoms with van der Waals surface area (Å²) < 4.78 is 16.7. The number of nitrogens with zero attached hydrogens (tertiary/aromatic N) is 2. The summed E-state index contributed by atoms with van der Waals surface area (Å²) in [7, 11) is 0. The molecule has 0 saturated carbocycles. The number of hydrogen-bond acceptors (Lipinski definition) is 12. The van der Waals surface area contributed by atoms with Crippen molar-refractivity contribution in [3.05, 3.63) is 47.9 Å². The van der Waals surface area contributed by atoms with Crippen LogP contribution in [-0.2, 0) is 20.9 Å². The van der Waals surface area contributed by atoms with Crippen LogP contribution in [0.15, 0.2) is 36.7 Å². The number of carbonyl (C=O) groups excluding carboxylic acids is 2. The molecule has 1 aromatic carbocycles. The van der Waals surface area contributed by atoms with Gasteiger partial charge in [-0.2, -0.15) is 0 Å². The van der Waals surface area contributed by atoms with Crippen LogP contribution in [0.25, 0.3) is 0 Å². The van der Waals surface area contributed by atoms with E-state index in [1.165, 1.54) is 36.7 Å². The molecule has 2 amide bonds. The van der Waals surface area contributed by atoms with Gasteiger partial charge in [0.05, 0.1) is 25.2 Å². The van der Waals surface area contributed by atoms with Crippen LogP contribution >= 0.6 is 0 Å². The zero-order valence-corrected chi connectivity index (χ0v) is 20.1. The van der Waals surface area contributed by atoms with E-state index in [9.17, 15) is 39.9 Å². The molecule has 1 aromatic heterocycles. The number of carboxylic acid groups (broad SMARTS) is 1. The maximum Gasteiger partial charge on any atom is 0.377 e. The molecule has 0 unspecified atom stereocenters. The fraction of sp³-hybridized carbons (Fsp3) is 0.435. The third-order valence-electron chi connectivity index (χ3n) is 5.67. The topological polar surface area (TPSA) is 244 Å². The maximum atomic E-state index is 12.3. The molecule has 6 atom stereocenters. The first kappa shape index (κ1) is 28.7. The lowest BCUT2D eigenvalue weighted by molar-refractivity contribution is -0.284. The van der Waals surface area contributed by atoms with Gasteiger partial charge in [-0.3, -0.25) is 9.59 Å². The van der Waals surface area contributed by atoms with Crippen LogP contribution in [0.5, 0.6) is 11.6 Å². The summed E-state index contributed by atoms with van der Waals surface area (Å²) in [5.41, 5.74) is 5.66.